The number of hydrogen-bond acceptors (Lipinski definition) is 3. The van der Waals surface area contributed by atoms with Crippen LogP contribution in [0.5, 0.6) is 0 Å². The molecule has 78 valence electrons. The van der Waals surface area contributed by atoms with Crippen LogP contribution in [0.3, 0.4) is 0 Å². The molecule has 0 aromatic carbocycles. The summed E-state index contributed by atoms with van der Waals surface area (Å²) < 4.78 is 0. The Labute approximate surface area is 82.4 Å². The Morgan fingerprint density at radius 3 is 2.00 bits per heavy atom. The van der Waals surface area contributed by atoms with E-state index in [4.69, 9.17) is 0 Å². The van der Waals surface area contributed by atoms with Gasteiger partial charge in [0.15, 0.2) is 0 Å². The molecule has 0 saturated carbocycles. The monoisotopic (exact) mass is 198 g/mol. The molecule has 1 heterocycles. The number of carbonyl (C=O) groups excluding carboxylic acids is 3. The third-order valence-corrected chi connectivity index (χ3v) is 2.49. The smallest absolute Gasteiger partial charge is 0.269 e. The van der Waals surface area contributed by atoms with Crippen molar-refractivity contribution >= 4 is 17.8 Å². The first-order valence-corrected chi connectivity index (χ1v) is 4.43. The molecule has 1 N–H and O–H groups in total. The van der Waals surface area contributed by atoms with Gasteiger partial charge < -0.3 is 0 Å². The van der Waals surface area contributed by atoms with Gasteiger partial charge in [-0.2, -0.15) is 0 Å². The number of amides is 4. The lowest BCUT2D eigenvalue weighted by Gasteiger charge is -2.32. The van der Waals surface area contributed by atoms with E-state index in [1.165, 1.54) is 0 Å². The number of rotatable bonds is 1. The summed E-state index contributed by atoms with van der Waals surface area (Å²) in [7, 11) is 0. The molecule has 4 amide bonds. The Kier molecular flexibility index (Phi) is 2.35. The zero-order valence-corrected chi connectivity index (χ0v) is 8.75. The fourth-order valence-corrected chi connectivity index (χ4v) is 1.15. The molecule has 0 bridgehead atoms. The molecule has 0 aromatic rings. The average Bonchev–Trinajstić information content (AvgIpc) is 2.24. The van der Waals surface area contributed by atoms with Gasteiger partial charge in [-0.25, -0.2) is 4.79 Å². The fraction of sp³-hybridized carbons (Fsp3) is 0.667. The van der Waals surface area contributed by atoms with Crippen LogP contribution in [0, 0.1) is 5.41 Å². The second-order valence-electron chi connectivity index (χ2n) is 4.48. The van der Waals surface area contributed by atoms with E-state index in [2.05, 4.69) is 0 Å². The third kappa shape index (κ3) is 1.62. The molecular weight excluding hydrogens is 184 g/mol. The highest BCUT2D eigenvalue weighted by Gasteiger charge is 2.43. The molecule has 1 atom stereocenters. The van der Waals surface area contributed by atoms with Crippen molar-refractivity contribution in [3.05, 3.63) is 0 Å². The molecular formula is C9H14N2O3. The quantitative estimate of drug-likeness (QED) is 0.493. The molecule has 5 heteroatoms. The second kappa shape index (κ2) is 3.08. The molecule has 1 aliphatic heterocycles. The fourth-order valence-electron chi connectivity index (χ4n) is 1.15. The first-order valence-electron chi connectivity index (χ1n) is 4.43. The molecule has 1 aliphatic rings. The second-order valence-corrected chi connectivity index (χ2v) is 4.48. The van der Waals surface area contributed by atoms with Crippen molar-refractivity contribution in [2.24, 2.45) is 5.41 Å². The van der Waals surface area contributed by atoms with Gasteiger partial charge in [0.05, 0.1) is 0 Å². The number of urea groups is 1. The first-order chi connectivity index (χ1) is 6.25. The number of nitrogens with zero attached hydrogens (tertiary/aromatic N) is 1. The predicted molar refractivity (Wildman–Crippen MR) is 49.3 cm³/mol. The molecule has 1 saturated heterocycles. The molecule has 14 heavy (non-hydrogen) atoms. The SMILES string of the molecule is CC(N1C(=O)NC(=O)C1=O)C(C)(C)C. The summed E-state index contributed by atoms with van der Waals surface area (Å²) in [5.41, 5.74) is -0.238. The maximum absolute atomic E-state index is 11.3. The topological polar surface area (TPSA) is 66.5 Å². The Bertz CT molecular complexity index is 304. The summed E-state index contributed by atoms with van der Waals surface area (Å²) in [6.45, 7) is 7.46. The van der Waals surface area contributed by atoms with Gasteiger partial charge in [-0.05, 0) is 12.3 Å². The summed E-state index contributed by atoms with van der Waals surface area (Å²) in [5, 5.41) is 1.97. The average molecular weight is 198 g/mol. The molecule has 0 spiro atoms. The maximum Gasteiger partial charge on any atom is 0.331 e. The van der Waals surface area contributed by atoms with Crippen molar-refractivity contribution in [1.82, 2.24) is 10.2 Å². The highest BCUT2D eigenvalue weighted by molar-refractivity contribution is 6.44. The van der Waals surface area contributed by atoms with Gasteiger partial charge in [0.2, 0.25) is 0 Å². The van der Waals surface area contributed by atoms with Gasteiger partial charge in [0.1, 0.15) is 0 Å². The summed E-state index contributed by atoms with van der Waals surface area (Å²) >= 11 is 0. The number of hydrogen-bond donors (Lipinski definition) is 1. The lowest BCUT2D eigenvalue weighted by molar-refractivity contribution is -0.141. The summed E-state index contributed by atoms with van der Waals surface area (Å²) in [5.74, 6) is -1.61. The van der Waals surface area contributed by atoms with E-state index < -0.39 is 17.8 Å². The molecule has 1 fully saturated rings. The number of carbonyl (C=O) groups is 3. The lowest BCUT2D eigenvalue weighted by atomic mass is 9.87. The van der Waals surface area contributed by atoms with Crippen LogP contribution in [0.1, 0.15) is 27.7 Å². The Morgan fingerprint density at radius 1 is 1.21 bits per heavy atom. The van der Waals surface area contributed by atoms with Crippen molar-refractivity contribution in [2.75, 3.05) is 0 Å². The first kappa shape index (κ1) is 10.7. The van der Waals surface area contributed by atoms with Crippen LogP contribution in [-0.4, -0.2) is 28.8 Å². The van der Waals surface area contributed by atoms with Crippen molar-refractivity contribution in [3.63, 3.8) is 0 Å². The van der Waals surface area contributed by atoms with Crippen LogP contribution >= 0.6 is 0 Å². The van der Waals surface area contributed by atoms with Crippen LogP contribution in [0.15, 0.2) is 0 Å². The van der Waals surface area contributed by atoms with Gasteiger partial charge in [-0.15, -0.1) is 0 Å². The van der Waals surface area contributed by atoms with Gasteiger partial charge in [0.25, 0.3) is 0 Å². The van der Waals surface area contributed by atoms with E-state index in [-0.39, 0.29) is 11.5 Å². The van der Waals surface area contributed by atoms with Crippen LogP contribution in [0.25, 0.3) is 0 Å². The molecule has 1 unspecified atom stereocenters. The normalized spacial score (nSPS) is 20.0. The molecule has 5 nitrogen and oxygen atoms in total. The van der Waals surface area contributed by atoms with Crippen LogP contribution in [0.2, 0.25) is 0 Å². The van der Waals surface area contributed by atoms with Crippen molar-refractivity contribution in [1.29, 1.82) is 0 Å². The standard InChI is InChI=1S/C9H14N2O3/c1-5(9(2,3)4)11-7(13)6(12)10-8(11)14/h5H,1-4H3,(H,10,12,14). The van der Waals surface area contributed by atoms with E-state index in [0.29, 0.717) is 0 Å². The van der Waals surface area contributed by atoms with Crippen LogP contribution in [0.4, 0.5) is 4.79 Å². The predicted octanol–water partition coefficient (Wildman–Crippen LogP) is 0.499. The van der Waals surface area contributed by atoms with Gasteiger partial charge in [-0.3, -0.25) is 19.8 Å². The van der Waals surface area contributed by atoms with E-state index in [1.54, 1.807) is 6.92 Å². The number of imide groups is 2. The minimum Gasteiger partial charge on any atom is -0.269 e. The highest BCUT2D eigenvalue weighted by atomic mass is 16.2. The minimum atomic E-state index is -0.842. The largest absolute Gasteiger partial charge is 0.331 e. The maximum atomic E-state index is 11.3. The molecule has 0 radical (unpaired) electrons. The molecule has 0 aliphatic carbocycles. The zero-order chi connectivity index (χ0) is 11.1. The van der Waals surface area contributed by atoms with E-state index >= 15 is 0 Å². The number of nitrogens with one attached hydrogen (secondary N) is 1. The lowest BCUT2D eigenvalue weighted by Crippen LogP contribution is -2.45. The molecule has 0 aromatic heterocycles. The van der Waals surface area contributed by atoms with Crippen molar-refractivity contribution in [2.45, 2.75) is 33.7 Å². The van der Waals surface area contributed by atoms with E-state index in [9.17, 15) is 14.4 Å². The highest BCUT2D eigenvalue weighted by Crippen LogP contribution is 2.25. The molecule has 1 rings (SSSR count). The van der Waals surface area contributed by atoms with Crippen LogP contribution < -0.4 is 5.32 Å². The summed E-state index contributed by atoms with van der Waals surface area (Å²) in [6.07, 6.45) is 0. The Hall–Kier alpha value is -1.39. The summed E-state index contributed by atoms with van der Waals surface area (Å²) in [6, 6.07) is -0.927. The summed E-state index contributed by atoms with van der Waals surface area (Å²) in [4.78, 5) is 34.4. The van der Waals surface area contributed by atoms with Crippen LogP contribution in [-0.2, 0) is 9.59 Å². The van der Waals surface area contributed by atoms with E-state index in [1.807, 2.05) is 26.1 Å². The van der Waals surface area contributed by atoms with Crippen molar-refractivity contribution < 1.29 is 14.4 Å². The third-order valence-electron chi connectivity index (χ3n) is 2.49. The van der Waals surface area contributed by atoms with Crippen molar-refractivity contribution in [3.8, 4) is 0 Å². The van der Waals surface area contributed by atoms with E-state index in [0.717, 1.165) is 4.90 Å². The van der Waals surface area contributed by atoms with Gasteiger partial charge in [0, 0.05) is 6.04 Å². The van der Waals surface area contributed by atoms with Gasteiger partial charge >= 0.3 is 17.8 Å². The Balaban J connectivity index is 2.94. The zero-order valence-electron chi connectivity index (χ0n) is 8.75. The minimum absolute atomic E-state index is 0.238. The Morgan fingerprint density at radius 2 is 1.71 bits per heavy atom. The van der Waals surface area contributed by atoms with Gasteiger partial charge in [-0.1, -0.05) is 20.8 Å².